The maximum Gasteiger partial charge on any atom is 0.407 e. The van der Waals surface area contributed by atoms with Crippen LogP contribution in [0.15, 0.2) is 72.8 Å². The van der Waals surface area contributed by atoms with E-state index in [-0.39, 0.29) is 23.4 Å². The van der Waals surface area contributed by atoms with Crippen LogP contribution < -0.4 is 10.1 Å². The van der Waals surface area contributed by atoms with Crippen molar-refractivity contribution in [2.75, 3.05) is 6.61 Å². The quantitative estimate of drug-likeness (QED) is 0.523. The van der Waals surface area contributed by atoms with Crippen LogP contribution in [0.25, 0.3) is 0 Å². The van der Waals surface area contributed by atoms with Crippen molar-refractivity contribution < 1.29 is 18.7 Å². The molecule has 4 rings (SSSR count). The molecule has 0 aromatic heterocycles. The highest BCUT2D eigenvalue weighted by molar-refractivity contribution is 5.68. The van der Waals surface area contributed by atoms with E-state index in [0.717, 1.165) is 28.0 Å². The second-order valence-electron chi connectivity index (χ2n) is 8.57. The van der Waals surface area contributed by atoms with Gasteiger partial charge in [-0.1, -0.05) is 62.4 Å². The summed E-state index contributed by atoms with van der Waals surface area (Å²) in [6, 6.07) is 22.5. The molecule has 0 saturated heterocycles. The van der Waals surface area contributed by atoms with Crippen molar-refractivity contribution in [3.05, 3.63) is 101 Å². The molecular formula is C27H28FNO3. The van der Waals surface area contributed by atoms with Gasteiger partial charge in [0.2, 0.25) is 0 Å². The number of carbonyl (C=O) groups excluding carboxylic acids is 1. The lowest BCUT2D eigenvalue weighted by Crippen LogP contribution is -2.39. The third-order valence-corrected chi connectivity index (χ3v) is 6.15. The number of amides is 1. The molecule has 5 heteroatoms. The predicted octanol–water partition coefficient (Wildman–Crippen LogP) is 5.94. The van der Waals surface area contributed by atoms with Crippen molar-refractivity contribution in [2.45, 2.75) is 44.8 Å². The smallest absolute Gasteiger partial charge is 0.407 e. The van der Waals surface area contributed by atoms with Crippen molar-refractivity contribution >= 4 is 6.09 Å². The number of carbonyl (C=O) groups is 1. The van der Waals surface area contributed by atoms with Gasteiger partial charge in [-0.2, -0.15) is 0 Å². The summed E-state index contributed by atoms with van der Waals surface area (Å²) >= 11 is 0. The summed E-state index contributed by atoms with van der Waals surface area (Å²) in [5.74, 6) is 0.483. The largest absolute Gasteiger partial charge is 0.484 e. The normalized spacial score (nSPS) is 17.5. The Morgan fingerprint density at radius 1 is 1.00 bits per heavy atom. The van der Waals surface area contributed by atoms with Crippen LogP contribution in [0.5, 0.6) is 5.75 Å². The van der Waals surface area contributed by atoms with Gasteiger partial charge in [0.05, 0.1) is 12.6 Å². The SMILES string of the molecule is CCOC(=O)NC1Cc2ccccc2C1Oc1ccc(C(C)(C)c2ccc(F)cc2)cc1. The summed E-state index contributed by atoms with van der Waals surface area (Å²) in [7, 11) is 0. The van der Waals surface area contributed by atoms with Gasteiger partial charge in [0, 0.05) is 5.41 Å². The van der Waals surface area contributed by atoms with E-state index in [0.29, 0.717) is 13.0 Å². The van der Waals surface area contributed by atoms with Gasteiger partial charge in [-0.05, 0) is 59.9 Å². The lowest BCUT2D eigenvalue weighted by Gasteiger charge is -2.27. The molecule has 3 aromatic carbocycles. The van der Waals surface area contributed by atoms with Crippen LogP contribution in [0.3, 0.4) is 0 Å². The lowest BCUT2D eigenvalue weighted by molar-refractivity contribution is 0.126. The van der Waals surface area contributed by atoms with Crippen molar-refractivity contribution in [3.63, 3.8) is 0 Å². The molecule has 1 aliphatic carbocycles. The van der Waals surface area contributed by atoms with Gasteiger partial charge in [0.1, 0.15) is 17.7 Å². The highest BCUT2D eigenvalue weighted by Crippen LogP contribution is 2.37. The highest BCUT2D eigenvalue weighted by atomic mass is 19.1. The first-order chi connectivity index (χ1) is 15.4. The Balaban J connectivity index is 1.54. The molecule has 0 spiro atoms. The molecule has 0 aliphatic heterocycles. The number of hydrogen-bond acceptors (Lipinski definition) is 3. The van der Waals surface area contributed by atoms with E-state index in [1.165, 1.54) is 12.1 Å². The minimum atomic E-state index is -0.435. The Kier molecular flexibility index (Phi) is 6.17. The highest BCUT2D eigenvalue weighted by Gasteiger charge is 2.35. The number of halogens is 1. The molecule has 0 radical (unpaired) electrons. The first-order valence-electron chi connectivity index (χ1n) is 10.9. The van der Waals surface area contributed by atoms with Crippen molar-refractivity contribution in [1.82, 2.24) is 5.32 Å². The summed E-state index contributed by atoms with van der Waals surface area (Å²) in [5.41, 5.74) is 4.10. The van der Waals surface area contributed by atoms with Gasteiger partial charge in [0.25, 0.3) is 0 Å². The molecule has 3 aromatic rings. The summed E-state index contributed by atoms with van der Waals surface area (Å²) in [6.45, 7) is 6.33. The van der Waals surface area contributed by atoms with Crippen LogP contribution in [-0.4, -0.2) is 18.7 Å². The molecule has 1 N–H and O–H groups in total. The molecule has 1 aliphatic rings. The van der Waals surface area contributed by atoms with Crippen LogP contribution in [0.2, 0.25) is 0 Å². The number of hydrogen-bond donors (Lipinski definition) is 1. The molecule has 4 nitrogen and oxygen atoms in total. The van der Waals surface area contributed by atoms with E-state index in [2.05, 4.69) is 25.2 Å². The van der Waals surface area contributed by atoms with Gasteiger partial charge in [-0.3, -0.25) is 0 Å². The molecule has 2 atom stereocenters. The molecule has 32 heavy (non-hydrogen) atoms. The molecule has 0 fully saturated rings. The zero-order valence-electron chi connectivity index (χ0n) is 18.6. The lowest BCUT2D eigenvalue weighted by atomic mass is 9.78. The number of nitrogens with one attached hydrogen (secondary N) is 1. The first kappa shape index (κ1) is 21.9. The Morgan fingerprint density at radius 2 is 1.62 bits per heavy atom. The van der Waals surface area contributed by atoms with Crippen LogP contribution in [0.1, 0.15) is 49.1 Å². The number of alkyl carbamates (subject to hydrolysis) is 1. The fraction of sp³-hybridized carbons (Fsp3) is 0.296. The van der Waals surface area contributed by atoms with Gasteiger partial charge < -0.3 is 14.8 Å². The van der Waals surface area contributed by atoms with Crippen LogP contribution in [0.4, 0.5) is 9.18 Å². The predicted molar refractivity (Wildman–Crippen MR) is 122 cm³/mol. The Labute approximate surface area is 188 Å². The molecule has 166 valence electrons. The second kappa shape index (κ2) is 9.03. The van der Waals surface area contributed by atoms with Gasteiger partial charge in [0.15, 0.2) is 0 Å². The third-order valence-electron chi connectivity index (χ3n) is 6.15. The first-order valence-corrected chi connectivity index (χ1v) is 10.9. The number of ether oxygens (including phenoxy) is 2. The number of benzene rings is 3. The summed E-state index contributed by atoms with van der Waals surface area (Å²) in [4.78, 5) is 12.0. The molecule has 2 unspecified atom stereocenters. The number of fused-ring (bicyclic) bond motifs is 1. The average Bonchev–Trinajstić information content (AvgIpc) is 3.11. The van der Waals surface area contributed by atoms with E-state index in [1.54, 1.807) is 6.92 Å². The summed E-state index contributed by atoms with van der Waals surface area (Å²) in [5, 5.41) is 2.94. The van der Waals surface area contributed by atoms with Crippen molar-refractivity contribution in [2.24, 2.45) is 0 Å². The molecular weight excluding hydrogens is 405 g/mol. The topological polar surface area (TPSA) is 47.6 Å². The summed E-state index contributed by atoms with van der Waals surface area (Å²) < 4.78 is 24.8. The van der Waals surface area contributed by atoms with E-state index in [9.17, 15) is 9.18 Å². The van der Waals surface area contributed by atoms with Crippen molar-refractivity contribution in [3.8, 4) is 5.75 Å². The standard InChI is InChI=1S/C27H28FNO3/c1-4-31-26(30)29-24-17-18-7-5-6-8-23(18)25(24)32-22-15-11-20(12-16-22)27(2,3)19-9-13-21(28)14-10-19/h5-16,24-25H,4,17H2,1-3H3,(H,29,30). The van der Waals surface area contributed by atoms with E-state index in [4.69, 9.17) is 9.47 Å². The molecule has 1 amide bonds. The fourth-order valence-corrected chi connectivity index (χ4v) is 4.28. The maximum absolute atomic E-state index is 13.3. The number of rotatable bonds is 6. The minimum Gasteiger partial charge on any atom is -0.484 e. The van der Waals surface area contributed by atoms with E-state index < -0.39 is 6.09 Å². The maximum atomic E-state index is 13.3. The zero-order chi connectivity index (χ0) is 22.7. The van der Waals surface area contributed by atoms with E-state index in [1.807, 2.05) is 54.6 Å². The van der Waals surface area contributed by atoms with Gasteiger partial charge in [-0.15, -0.1) is 0 Å². The van der Waals surface area contributed by atoms with Crippen LogP contribution >= 0.6 is 0 Å². The second-order valence-corrected chi connectivity index (χ2v) is 8.57. The Bertz CT molecular complexity index is 1080. The zero-order valence-corrected chi connectivity index (χ0v) is 18.6. The fourth-order valence-electron chi connectivity index (χ4n) is 4.28. The Morgan fingerprint density at radius 3 is 2.28 bits per heavy atom. The van der Waals surface area contributed by atoms with Crippen molar-refractivity contribution in [1.29, 1.82) is 0 Å². The van der Waals surface area contributed by atoms with E-state index >= 15 is 0 Å². The summed E-state index contributed by atoms with van der Waals surface area (Å²) in [6.07, 6.45) is -0.0446. The molecule has 0 heterocycles. The van der Waals surface area contributed by atoms with Gasteiger partial charge in [-0.25, -0.2) is 9.18 Å². The van der Waals surface area contributed by atoms with Gasteiger partial charge >= 0.3 is 6.09 Å². The van der Waals surface area contributed by atoms with Crippen LogP contribution in [0, 0.1) is 5.82 Å². The molecule has 0 bridgehead atoms. The Hall–Kier alpha value is -3.34. The minimum absolute atomic E-state index is 0.207. The van der Waals surface area contributed by atoms with Crippen LogP contribution in [-0.2, 0) is 16.6 Å². The molecule has 0 saturated carbocycles. The third kappa shape index (κ3) is 4.47. The monoisotopic (exact) mass is 433 g/mol. The average molecular weight is 434 g/mol.